The van der Waals surface area contributed by atoms with Crippen molar-refractivity contribution in [2.45, 2.75) is 32.2 Å². The molecule has 1 aliphatic carbocycles. The summed E-state index contributed by atoms with van der Waals surface area (Å²) >= 11 is 5.14. The van der Waals surface area contributed by atoms with Gasteiger partial charge < -0.3 is 4.57 Å². The molecule has 1 aromatic heterocycles. The van der Waals surface area contributed by atoms with Crippen molar-refractivity contribution in [2.24, 2.45) is 5.92 Å². The van der Waals surface area contributed by atoms with Crippen LogP contribution in [-0.4, -0.2) is 9.55 Å². The number of H-pyrrole nitrogens is 1. The van der Waals surface area contributed by atoms with Gasteiger partial charge in [-0.05, 0) is 31.0 Å². The van der Waals surface area contributed by atoms with Gasteiger partial charge >= 0.3 is 0 Å². The van der Waals surface area contributed by atoms with E-state index in [1.54, 1.807) is 6.07 Å². The van der Waals surface area contributed by atoms with E-state index in [9.17, 15) is 4.79 Å². The van der Waals surface area contributed by atoms with Crippen LogP contribution in [0.5, 0.6) is 0 Å². The lowest BCUT2D eigenvalue weighted by Crippen LogP contribution is -2.17. The second-order valence-corrected chi connectivity index (χ2v) is 4.38. The Kier molecular flexibility index (Phi) is 2.54. The maximum Gasteiger partial charge on any atom is 0.251 e. The highest BCUT2D eigenvalue weighted by atomic mass is 32.1. The van der Waals surface area contributed by atoms with Gasteiger partial charge in [-0.3, -0.25) is 9.78 Å². The number of aromatic nitrogens is 2. The molecule has 1 heterocycles. The zero-order valence-electron chi connectivity index (χ0n) is 8.19. The molecule has 1 fully saturated rings. The van der Waals surface area contributed by atoms with Crippen LogP contribution in [0, 0.1) is 10.7 Å². The van der Waals surface area contributed by atoms with Gasteiger partial charge in [0.1, 0.15) is 0 Å². The SMILES string of the molecule is CC1CCCC1n1ccc(=O)[nH]c1=S. The van der Waals surface area contributed by atoms with Crippen molar-refractivity contribution in [3.8, 4) is 0 Å². The van der Waals surface area contributed by atoms with E-state index in [4.69, 9.17) is 12.2 Å². The third kappa shape index (κ3) is 1.66. The van der Waals surface area contributed by atoms with E-state index in [0.29, 0.717) is 16.7 Å². The summed E-state index contributed by atoms with van der Waals surface area (Å²) in [6.45, 7) is 2.24. The molecule has 4 heteroatoms. The van der Waals surface area contributed by atoms with Gasteiger partial charge in [0.15, 0.2) is 4.77 Å². The average molecular weight is 210 g/mol. The molecule has 0 aromatic carbocycles. The lowest BCUT2D eigenvalue weighted by molar-refractivity contribution is 0.397. The summed E-state index contributed by atoms with van der Waals surface area (Å²) in [6, 6.07) is 2.01. The summed E-state index contributed by atoms with van der Waals surface area (Å²) in [7, 11) is 0. The van der Waals surface area contributed by atoms with Crippen molar-refractivity contribution in [2.75, 3.05) is 0 Å². The summed E-state index contributed by atoms with van der Waals surface area (Å²) in [5.41, 5.74) is -0.114. The van der Waals surface area contributed by atoms with Gasteiger partial charge in [0.2, 0.25) is 0 Å². The predicted molar refractivity (Wildman–Crippen MR) is 57.9 cm³/mol. The Balaban J connectivity index is 2.41. The summed E-state index contributed by atoms with van der Waals surface area (Å²) < 4.78 is 2.57. The topological polar surface area (TPSA) is 37.8 Å². The van der Waals surface area contributed by atoms with Gasteiger partial charge in [-0.2, -0.15) is 0 Å². The van der Waals surface area contributed by atoms with E-state index in [2.05, 4.69) is 11.9 Å². The van der Waals surface area contributed by atoms with Crippen LogP contribution in [0.25, 0.3) is 0 Å². The Hall–Kier alpha value is -0.900. The van der Waals surface area contributed by atoms with Crippen LogP contribution in [-0.2, 0) is 0 Å². The standard InChI is InChI=1S/C10H14N2OS/c1-7-3-2-4-8(7)12-6-5-9(13)11-10(12)14/h5-8H,2-4H2,1H3,(H,11,13,14). The first kappa shape index (κ1) is 9.65. The Morgan fingerprint density at radius 2 is 2.36 bits per heavy atom. The number of nitrogens with zero attached hydrogens (tertiary/aromatic N) is 1. The van der Waals surface area contributed by atoms with Crippen molar-refractivity contribution >= 4 is 12.2 Å². The number of hydrogen-bond donors (Lipinski definition) is 1. The Morgan fingerprint density at radius 1 is 1.57 bits per heavy atom. The maximum atomic E-state index is 11.0. The van der Waals surface area contributed by atoms with Crippen LogP contribution in [0.4, 0.5) is 0 Å². The monoisotopic (exact) mass is 210 g/mol. The van der Waals surface area contributed by atoms with Gasteiger partial charge in [0, 0.05) is 18.3 Å². The molecule has 0 radical (unpaired) electrons. The number of nitrogens with one attached hydrogen (secondary N) is 1. The molecule has 0 saturated heterocycles. The largest absolute Gasteiger partial charge is 0.322 e. The Bertz CT molecular complexity index is 434. The fourth-order valence-electron chi connectivity index (χ4n) is 2.23. The Labute approximate surface area is 87.8 Å². The van der Waals surface area contributed by atoms with E-state index in [-0.39, 0.29) is 5.56 Å². The normalized spacial score (nSPS) is 26.6. The van der Waals surface area contributed by atoms with Crippen LogP contribution >= 0.6 is 12.2 Å². The van der Waals surface area contributed by atoms with Gasteiger partial charge in [-0.1, -0.05) is 13.3 Å². The highest BCUT2D eigenvalue weighted by Gasteiger charge is 2.24. The number of hydrogen-bond acceptors (Lipinski definition) is 2. The van der Waals surface area contributed by atoms with Crippen LogP contribution in [0.15, 0.2) is 17.1 Å². The molecule has 2 rings (SSSR count). The molecule has 1 aliphatic rings. The molecule has 0 aliphatic heterocycles. The van der Waals surface area contributed by atoms with E-state index < -0.39 is 0 Å². The number of aromatic amines is 1. The minimum atomic E-state index is -0.114. The first-order valence-corrected chi connectivity index (χ1v) is 5.41. The molecule has 2 unspecified atom stereocenters. The highest BCUT2D eigenvalue weighted by Crippen LogP contribution is 2.34. The van der Waals surface area contributed by atoms with Crippen LogP contribution in [0.3, 0.4) is 0 Å². The molecular weight excluding hydrogens is 196 g/mol. The zero-order valence-corrected chi connectivity index (χ0v) is 9.01. The summed E-state index contributed by atoms with van der Waals surface area (Å²) in [5, 5.41) is 0. The van der Waals surface area contributed by atoms with Crippen LogP contribution in [0.1, 0.15) is 32.2 Å². The molecule has 0 amide bonds. The first-order chi connectivity index (χ1) is 6.68. The van der Waals surface area contributed by atoms with Crippen molar-refractivity contribution in [1.82, 2.24) is 9.55 Å². The van der Waals surface area contributed by atoms with Crippen LogP contribution < -0.4 is 5.56 Å². The molecule has 0 bridgehead atoms. The van der Waals surface area contributed by atoms with Gasteiger partial charge in [-0.25, -0.2) is 0 Å². The van der Waals surface area contributed by atoms with Gasteiger partial charge in [0.25, 0.3) is 5.56 Å². The quantitative estimate of drug-likeness (QED) is 0.722. The van der Waals surface area contributed by atoms with E-state index >= 15 is 0 Å². The molecule has 1 N–H and O–H groups in total. The summed E-state index contributed by atoms with van der Waals surface area (Å²) in [6.07, 6.45) is 5.49. The highest BCUT2D eigenvalue weighted by molar-refractivity contribution is 7.71. The Morgan fingerprint density at radius 3 is 2.93 bits per heavy atom. The molecule has 1 saturated carbocycles. The predicted octanol–water partition coefficient (Wildman–Crippen LogP) is 2.27. The van der Waals surface area contributed by atoms with E-state index in [0.717, 1.165) is 0 Å². The minimum absolute atomic E-state index is 0.114. The second-order valence-electron chi connectivity index (χ2n) is 3.99. The average Bonchev–Trinajstić information content (AvgIpc) is 2.52. The third-order valence-corrected chi connectivity index (χ3v) is 3.34. The molecular formula is C10H14N2OS. The maximum absolute atomic E-state index is 11.0. The fourth-order valence-corrected chi connectivity index (χ4v) is 2.52. The van der Waals surface area contributed by atoms with Crippen LogP contribution in [0.2, 0.25) is 0 Å². The van der Waals surface area contributed by atoms with Crippen molar-refractivity contribution in [1.29, 1.82) is 0 Å². The first-order valence-electron chi connectivity index (χ1n) is 5.00. The smallest absolute Gasteiger partial charge is 0.251 e. The summed E-state index contributed by atoms with van der Waals surface area (Å²) in [4.78, 5) is 13.7. The zero-order chi connectivity index (χ0) is 10.1. The van der Waals surface area contributed by atoms with Crippen molar-refractivity contribution in [3.05, 3.63) is 27.4 Å². The molecule has 0 spiro atoms. The molecule has 14 heavy (non-hydrogen) atoms. The molecule has 76 valence electrons. The lowest BCUT2D eigenvalue weighted by Gasteiger charge is -2.18. The minimum Gasteiger partial charge on any atom is -0.322 e. The second kappa shape index (κ2) is 3.69. The van der Waals surface area contributed by atoms with E-state index in [1.807, 2.05) is 10.8 Å². The van der Waals surface area contributed by atoms with E-state index in [1.165, 1.54) is 19.3 Å². The van der Waals surface area contributed by atoms with Gasteiger partial charge in [-0.15, -0.1) is 0 Å². The van der Waals surface area contributed by atoms with Gasteiger partial charge in [0.05, 0.1) is 0 Å². The molecule has 1 aromatic rings. The lowest BCUT2D eigenvalue weighted by atomic mass is 10.1. The number of rotatable bonds is 1. The van der Waals surface area contributed by atoms with Crippen molar-refractivity contribution in [3.63, 3.8) is 0 Å². The van der Waals surface area contributed by atoms with Crippen molar-refractivity contribution < 1.29 is 0 Å². The molecule has 2 atom stereocenters. The summed E-state index contributed by atoms with van der Waals surface area (Å²) in [5.74, 6) is 0.660. The molecule has 3 nitrogen and oxygen atoms in total. The third-order valence-electron chi connectivity index (χ3n) is 3.02. The fraction of sp³-hybridized carbons (Fsp3) is 0.600.